The SMILES string of the molecule is COC(=O)C1=C(N)C=CC(O)(C(=O)OC)C1C(=O)OC. The van der Waals surface area contributed by atoms with Crippen molar-refractivity contribution >= 4 is 17.9 Å². The number of esters is 3. The largest absolute Gasteiger partial charge is 0.468 e. The lowest BCUT2D eigenvalue weighted by Crippen LogP contribution is -2.52. The first kappa shape index (κ1) is 15.7. The van der Waals surface area contributed by atoms with Crippen LogP contribution in [0.1, 0.15) is 0 Å². The summed E-state index contributed by atoms with van der Waals surface area (Å²) in [6.45, 7) is 0. The van der Waals surface area contributed by atoms with E-state index in [2.05, 4.69) is 14.2 Å². The Morgan fingerprint density at radius 1 is 1.20 bits per heavy atom. The van der Waals surface area contributed by atoms with Crippen molar-refractivity contribution in [1.82, 2.24) is 0 Å². The van der Waals surface area contributed by atoms with Gasteiger partial charge in [0.2, 0.25) is 0 Å². The van der Waals surface area contributed by atoms with Crippen LogP contribution in [0.3, 0.4) is 0 Å². The predicted molar refractivity (Wildman–Crippen MR) is 64.8 cm³/mol. The molecule has 2 unspecified atom stereocenters. The van der Waals surface area contributed by atoms with Crippen molar-refractivity contribution in [3.8, 4) is 0 Å². The van der Waals surface area contributed by atoms with Gasteiger partial charge in [-0.1, -0.05) is 0 Å². The third-order valence-electron chi connectivity index (χ3n) is 2.91. The molecule has 20 heavy (non-hydrogen) atoms. The highest BCUT2D eigenvalue weighted by molar-refractivity contribution is 6.02. The van der Waals surface area contributed by atoms with Crippen LogP contribution in [0, 0.1) is 5.92 Å². The van der Waals surface area contributed by atoms with E-state index in [9.17, 15) is 19.5 Å². The number of ether oxygens (including phenoxy) is 3. The van der Waals surface area contributed by atoms with E-state index in [1.807, 2.05) is 0 Å². The Balaban J connectivity index is 3.47. The molecule has 0 spiro atoms. The van der Waals surface area contributed by atoms with Gasteiger partial charge in [0.25, 0.3) is 0 Å². The minimum Gasteiger partial charge on any atom is -0.468 e. The Labute approximate surface area is 114 Å². The molecule has 0 bridgehead atoms. The van der Waals surface area contributed by atoms with Crippen molar-refractivity contribution in [2.75, 3.05) is 21.3 Å². The number of hydrogen-bond donors (Lipinski definition) is 2. The Bertz CT molecular complexity index is 508. The number of methoxy groups -OCH3 is 3. The summed E-state index contributed by atoms with van der Waals surface area (Å²) in [5.74, 6) is -4.77. The minimum absolute atomic E-state index is 0.110. The predicted octanol–water partition coefficient (Wildman–Crippen LogP) is -1.36. The van der Waals surface area contributed by atoms with E-state index in [1.54, 1.807) is 0 Å². The minimum atomic E-state index is -2.39. The molecule has 0 aliphatic heterocycles. The second-order valence-corrected chi connectivity index (χ2v) is 3.97. The van der Waals surface area contributed by atoms with Crippen LogP contribution in [0.25, 0.3) is 0 Å². The average Bonchev–Trinajstić information content (AvgIpc) is 2.46. The Hall–Kier alpha value is -2.35. The van der Waals surface area contributed by atoms with Crippen molar-refractivity contribution in [2.45, 2.75) is 5.60 Å². The topological polar surface area (TPSA) is 125 Å². The maximum absolute atomic E-state index is 11.9. The van der Waals surface area contributed by atoms with Crippen LogP contribution >= 0.6 is 0 Å². The molecule has 0 aromatic carbocycles. The van der Waals surface area contributed by atoms with Crippen molar-refractivity contribution in [3.63, 3.8) is 0 Å². The molecule has 1 aliphatic carbocycles. The van der Waals surface area contributed by atoms with E-state index in [0.29, 0.717) is 0 Å². The molecule has 0 aromatic rings. The van der Waals surface area contributed by atoms with Crippen LogP contribution in [0.4, 0.5) is 0 Å². The monoisotopic (exact) mass is 285 g/mol. The Morgan fingerprint density at radius 2 is 1.80 bits per heavy atom. The highest BCUT2D eigenvalue weighted by atomic mass is 16.5. The van der Waals surface area contributed by atoms with Gasteiger partial charge in [-0.3, -0.25) is 4.79 Å². The molecule has 0 fully saturated rings. The third kappa shape index (κ3) is 2.37. The Morgan fingerprint density at radius 3 is 2.25 bits per heavy atom. The zero-order valence-corrected chi connectivity index (χ0v) is 11.2. The molecule has 0 amide bonds. The van der Waals surface area contributed by atoms with E-state index in [0.717, 1.165) is 33.5 Å². The van der Waals surface area contributed by atoms with E-state index in [1.165, 1.54) is 0 Å². The van der Waals surface area contributed by atoms with Gasteiger partial charge in [0.05, 0.1) is 26.9 Å². The second kappa shape index (κ2) is 5.74. The molecule has 2 atom stereocenters. The smallest absolute Gasteiger partial charge is 0.343 e. The summed E-state index contributed by atoms with van der Waals surface area (Å²) in [5, 5.41) is 10.4. The summed E-state index contributed by atoms with van der Waals surface area (Å²) in [5.41, 5.74) is 2.75. The molecular weight excluding hydrogens is 270 g/mol. The van der Waals surface area contributed by atoms with E-state index in [4.69, 9.17) is 5.73 Å². The lowest BCUT2D eigenvalue weighted by molar-refractivity contribution is -0.171. The summed E-state index contributed by atoms with van der Waals surface area (Å²) in [6, 6.07) is 0. The standard InChI is InChI=1S/C12H15NO7/c1-18-9(14)7-6(13)4-5-12(17,11(16)20-3)8(7)10(15)19-2/h4-5,8,17H,13H2,1-3H3. The summed E-state index contributed by atoms with van der Waals surface area (Å²) in [6.07, 6.45) is 2.10. The number of carbonyl (C=O) groups excluding carboxylic acids is 3. The summed E-state index contributed by atoms with van der Waals surface area (Å²) in [7, 11) is 3.15. The quantitative estimate of drug-likeness (QED) is 0.481. The van der Waals surface area contributed by atoms with Gasteiger partial charge in [-0.15, -0.1) is 0 Å². The fourth-order valence-electron chi connectivity index (χ4n) is 1.90. The molecule has 8 nitrogen and oxygen atoms in total. The highest BCUT2D eigenvalue weighted by Gasteiger charge is 2.54. The van der Waals surface area contributed by atoms with E-state index >= 15 is 0 Å². The Kier molecular flexibility index (Phi) is 4.51. The van der Waals surface area contributed by atoms with Crippen LogP contribution < -0.4 is 5.73 Å². The number of rotatable bonds is 3. The number of aliphatic hydroxyl groups is 1. The first-order valence-electron chi connectivity index (χ1n) is 5.49. The van der Waals surface area contributed by atoms with Crippen LogP contribution in [0.2, 0.25) is 0 Å². The number of carbonyl (C=O) groups is 3. The van der Waals surface area contributed by atoms with Gasteiger partial charge in [-0.05, 0) is 12.2 Å². The molecule has 0 saturated heterocycles. The highest BCUT2D eigenvalue weighted by Crippen LogP contribution is 2.34. The van der Waals surface area contributed by atoms with Gasteiger partial charge < -0.3 is 25.1 Å². The summed E-state index contributed by atoms with van der Waals surface area (Å²) < 4.78 is 13.5. The second-order valence-electron chi connectivity index (χ2n) is 3.97. The maximum atomic E-state index is 11.9. The van der Waals surface area contributed by atoms with Gasteiger partial charge in [0, 0.05) is 5.70 Å². The molecule has 1 rings (SSSR count). The number of allylic oxidation sites excluding steroid dienone is 1. The average molecular weight is 285 g/mol. The fraction of sp³-hybridized carbons (Fsp3) is 0.417. The third-order valence-corrected chi connectivity index (χ3v) is 2.91. The van der Waals surface area contributed by atoms with Crippen LogP contribution in [-0.2, 0) is 28.6 Å². The molecule has 1 aliphatic rings. The van der Waals surface area contributed by atoms with Crippen LogP contribution in [-0.4, -0.2) is 49.9 Å². The zero-order valence-electron chi connectivity index (χ0n) is 11.2. The van der Waals surface area contributed by atoms with E-state index < -0.39 is 29.4 Å². The van der Waals surface area contributed by atoms with Crippen LogP contribution in [0.15, 0.2) is 23.4 Å². The number of nitrogens with two attached hydrogens (primary N) is 1. The normalized spacial score (nSPS) is 25.1. The first-order valence-corrected chi connectivity index (χ1v) is 5.49. The molecule has 110 valence electrons. The molecular formula is C12H15NO7. The van der Waals surface area contributed by atoms with Gasteiger partial charge in [0.15, 0.2) is 5.60 Å². The van der Waals surface area contributed by atoms with Crippen molar-refractivity contribution in [1.29, 1.82) is 0 Å². The van der Waals surface area contributed by atoms with Gasteiger partial charge in [-0.2, -0.15) is 0 Å². The zero-order chi connectivity index (χ0) is 15.5. The van der Waals surface area contributed by atoms with Crippen molar-refractivity contribution < 1.29 is 33.7 Å². The summed E-state index contributed by atoms with van der Waals surface area (Å²) >= 11 is 0. The van der Waals surface area contributed by atoms with Gasteiger partial charge >= 0.3 is 17.9 Å². The van der Waals surface area contributed by atoms with E-state index in [-0.39, 0.29) is 11.3 Å². The number of hydrogen-bond acceptors (Lipinski definition) is 8. The molecule has 3 N–H and O–H groups in total. The summed E-state index contributed by atoms with van der Waals surface area (Å²) in [4.78, 5) is 35.3. The lowest BCUT2D eigenvalue weighted by atomic mass is 9.77. The van der Waals surface area contributed by atoms with Gasteiger partial charge in [0.1, 0.15) is 5.92 Å². The van der Waals surface area contributed by atoms with Gasteiger partial charge in [-0.25, -0.2) is 9.59 Å². The van der Waals surface area contributed by atoms with Crippen molar-refractivity contribution in [2.24, 2.45) is 11.7 Å². The lowest BCUT2D eigenvalue weighted by Gasteiger charge is -2.32. The first-order chi connectivity index (χ1) is 9.33. The van der Waals surface area contributed by atoms with Crippen molar-refractivity contribution in [3.05, 3.63) is 23.4 Å². The maximum Gasteiger partial charge on any atom is 0.343 e. The fourth-order valence-corrected chi connectivity index (χ4v) is 1.90. The molecule has 0 saturated carbocycles. The molecule has 0 aromatic heterocycles. The van der Waals surface area contributed by atoms with Crippen LogP contribution in [0.5, 0.6) is 0 Å². The molecule has 0 heterocycles. The molecule has 8 heteroatoms. The molecule has 0 radical (unpaired) electrons.